The minimum atomic E-state index is -0.0644. The van der Waals surface area contributed by atoms with Crippen LogP contribution in [-0.2, 0) is 14.3 Å². The Bertz CT molecular complexity index is 685. The summed E-state index contributed by atoms with van der Waals surface area (Å²) in [5, 5.41) is 0. The van der Waals surface area contributed by atoms with Gasteiger partial charge in [-0.2, -0.15) is 0 Å². The number of carbonyl (C=O) groups is 1. The number of anilines is 1. The van der Waals surface area contributed by atoms with Crippen molar-refractivity contribution in [2.45, 2.75) is 51.6 Å². The van der Waals surface area contributed by atoms with Crippen molar-refractivity contribution in [3.8, 4) is 0 Å². The maximum absolute atomic E-state index is 12.9. The number of rotatable bonds is 8. The summed E-state index contributed by atoms with van der Waals surface area (Å²) in [4.78, 5) is 24.7. The molecule has 2 saturated heterocycles. The first kappa shape index (κ1) is 23.1. The fourth-order valence-corrected chi connectivity index (χ4v) is 4.77. The van der Waals surface area contributed by atoms with Crippen LogP contribution in [0.4, 0.5) is 5.82 Å². The van der Waals surface area contributed by atoms with Crippen molar-refractivity contribution in [1.29, 1.82) is 0 Å². The normalized spacial score (nSPS) is 21.3. The van der Waals surface area contributed by atoms with Crippen molar-refractivity contribution in [2.75, 3.05) is 64.6 Å². The van der Waals surface area contributed by atoms with Crippen LogP contribution in [0.5, 0.6) is 0 Å². The van der Waals surface area contributed by atoms with E-state index >= 15 is 0 Å². The molecule has 7 heteroatoms. The van der Waals surface area contributed by atoms with Gasteiger partial charge in [-0.1, -0.05) is 13.0 Å². The summed E-state index contributed by atoms with van der Waals surface area (Å²) in [7, 11) is 1.77. The summed E-state index contributed by atoms with van der Waals surface area (Å²) in [5.41, 5.74) is 0.869. The molecule has 7 nitrogen and oxygen atoms in total. The Labute approximate surface area is 181 Å². The molecule has 168 valence electrons. The second-order valence-corrected chi connectivity index (χ2v) is 8.63. The van der Waals surface area contributed by atoms with Gasteiger partial charge in [0.15, 0.2) is 0 Å². The molecule has 2 aliphatic heterocycles. The third-order valence-electron chi connectivity index (χ3n) is 6.65. The Hall–Kier alpha value is -1.54. The number of methoxy groups -OCH3 is 1. The lowest BCUT2D eigenvalue weighted by molar-refractivity contribution is -0.119. The number of hydrogen-bond donors (Lipinski definition) is 0. The van der Waals surface area contributed by atoms with E-state index in [1.165, 1.54) is 0 Å². The SMILES string of the molecule is CCC(=O)N(CC1(N2CCN(C(C)COC)CC2)CCOCC1)c1cccc(C)n1. The Morgan fingerprint density at radius 3 is 2.57 bits per heavy atom. The van der Waals surface area contributed by atoms with Gasteiger partial charge in [0.2, 0.25) is 5.91 Å². The molecule has 0 N–H and O–H groups in total. The molecule has 1 unspecified atom stereocenters. The number of ether oxygens (including phenoxy) is 2. The summed E-state index contributed by atoms with van der Waals surface area (Å²) < 4.78 is 11.1. The van der Waals surface area contributed by atoms with Crippen LogP contribution >= 0.6 is 0 Å². The molecule has 3 heterocycles. The number of carbonyl (C=O) groups excluding carboxylic acids is 1. The van der Waals surface area contributed by atoms with E-state index < -0.39 is 0 Å². The number of hydrogen-bond acceptors (Lipinski definition) is 6. The molecule has 1 amide bonds. The average Bonchev–Trinajstić information content (AvgIpc) is 2.78. The van der Waals surface area contributed by atoms with Gasteiger partial charge in [0.25, 0.3) is 0 Å². The highest BCUT2D eigenvalue weighted by molar-refractivity contribution is 5.92. The van der Waals surface area contributed by atoms with Gasteiger partial charge in [0, 0.05) is 76.7 Å². The highest BCUT2D eigenvalue weighted by Gasteiger charge is 2.42. The first-order valence-corrected chi connectivity index (χ1v) is 11.3. The molecule has 30 heavy (non-hydrogen) atoms. The van der Waals surface area contributed by atoms with E-state index in [0.29, 0.717) is 19.0 Å². The third kappa shape index (κ3) is 5.38. The Morgan fingerprint density at radius 2 is 1.97 bits per heavy atom. The maximum Gasteiger partial charge on any atom is 0.227 e. The van der Waals surface area contributed by atoms with E-state index in [1.807, 2.05) is 36.9 Å². The van der Waals surface area contributed by atoms with Gasteiger partial charge >= 0.3 is 0 Å². The monoisotopic (exact) mass is 418 g/mol. The second kappa shape index (κ2) is 10.7. The fraction of sp³-hybridized carbons (Fsp3) is 0.739. The predicted molar refractivity (Wildman–Crippen MR) is 119 cm³/mol. The lowest BCUT2D eigenvalue weighted by Crippen LogP contribution is -2.64. The quantitative estimate of drug-likeness (QED) is 0.646. The average molecular weight is 419 g/mol. The molecular weight excluding hydrogens is 380 g/mol. The fourth-order valence-electron chi connectivity index (χ4n) is 4.77. The summed E-state index contributed by atoms with van der Waals surface area (Å²) in [6.07, 6.45) is 2.37. The van der Waals surface area contributed by atoms with Crippen molar-refractivity contribution in [1.82, 2.24) is 14.8 Å². The van der Waals surface area contributed by atoms with Crippen LogP contribution in [0, 0.1) is 6.92 Å². The molecule has 2 fully saturated rings. The minimum absolute atomic E-state index is 0.0644. The van der Waals surface area contributed by atoms with Crippen LogP contribution < -0.4 is 4.90 Å². The Balaban J connectivity index is 1.79. The molecule has 1 aromatic heterocycles. The van der Waals surface area contributed by atoms with Crippen LogP contribution in [0.25, 0.3) is 0 Å². The lowest BCUT2D eigenvalue weighted by Gasteiger charge is -2.51. The Kier molecular flexibility index (Phi) is 8.22. The number of nitrogens with zero attached hydrogens (tertiary/aromatic N) is 4. The van der Waals surface area contributed by atoms with Crippen molar-refractivity contribution < 1.29 is 14.3 Å². The van der Waals surface area contributed by atoms with E-state index in [1.54, 1.807) is 7.11 Å². The molecule has 0 aromatic carbocycles. The van der Waals surface area contributed by atoms with Crippen LogP contribution in [0.2, 0.25) is 0 Å². The van der Waals surface area contributed by atoms with E-state index in [-0.39, 0.29) is 11.4 Å². The van der Waals surface area contributed by atoms with Gasteiger partial charge in [-0.15, -0.1) is 0 Å². The van der Waals surface area contributed by atoms with Crippen LogP contribution in [-0.4, -0.2) is 91.9 Å². The summed E-state index contributed by atoms with van der Waals surface area (Å²) in [6.45, 7) is 13.1. The molecule has 3 rings (SSSR count). The molecule has 2 aliphatic rings. The van der Waals surface area contributed by atoms with Crippen molar-refractivity contribution in [2.24, 2.45) is 0 Å². The third-order valence-corrected chi connectivity index (χ3v) is 6.65. The smallest absolute Gasteiger partial charge is 0.227 e. The molecule has 0 spiro atoms. The number of pyridine rings is 1. The maximum atomic E-state index is 12.9. The molecule has 0 saturated carbocycles. The van der Waals surface area contributed by atoms with Crippen LogP contribution in [0.15, 0.2) is 18.2 Å². The van der Waals surface area contributed by atoms with Crippen LogP contribution in [0.3, 0.4) is 0 Å². The van der Waals surface area contributed by atoms with Gasteiger partial charge in [-0.3, -0.25) is 19.5 Å². The molecule has 1 aromatic rings. The van der Waals surface area contributed by atoms with Gasteiger partial charge in [0.05, 0.1) is 6.61 Å². The number of piperazine rings is 1. The molecular formula is C23H38N4O3. The van der Waals surface area contributed by atoms with E-state index in [9.17, 15) is 4.79 Å². The summed E-state index contributed by atoms with van der Waals surface area (Å²) in [5.74, 6) is 0.895. The summed E-state index contributed by atoms with van der Waals surface area (Å²) >= 11 is 0. The minimum Gasteiger partial charge on any atom is -0.383 e. The highest BCUT2D eigenvalue weighted by Crippen LogP contribution is 2.32. The number of aryl methyl sites for hydroxylation is 1. The van der Waals surface area contributed by atoms with Crippen LogP contribution in [0.1, 0.15) is 38.8 Å². The van der Waals surface area contributed by atoms with E-state index in [4.69, 9.17) is 9.47 Å². The molecule has 0 radical (unpaired) electrons. The highest BCUT2D eigenvalue weighted by atomic mass is 16.5. The number of aromatic nitrogens is 1. The molecule has 0 bridgehead atoms. The first-order valence-electron chi connectivity index (χ1n) is 11.3. The van der Waals surface area contributed by atoms with Gasteiger partial charge in [-0.25, -0.2) is 4.98 Å². The van der Waals surface area contributed by atoms with Gasteiger partial charge < -0.3 is 9.47 Å². The standard InChI is InChI=1S/C23H38N4O3/c1-5-22(28)27(21-8-6-7-19(2)24-21)18-23(9-15-30-16-10-23)26-13-11-25(12-14-26)20(3)17-29-4/h6-8,20H,5,9-18H2,1-4H3. The first-order chi connectivity index (χ1) is 14.5. The van der Waals surface area contributed by atoms with E-state index in [0.717, 1.165) is 70.4 Å². The zero-order chi connectivity index (χ0) is 21.6. The molecule has 0 aliphatic carbocycles. The molecule has 1 atom stereocenters. The lowest BCUT2D eigenvalue weighted by atomic mass is 9.86. The largest absolute Gasteiger partial charge is 0.383 e. The van der Waals surface area contributed by atoms with Crippen molar-refractivity contribution >= 4 is 11.7 Å². The van der Waals surface area contributed by atoms with Crippen molar-refractivity contribution in [3.63, 3.8) is 0 Å². The predicted octanol–water partition coefficient (Wildman–Crippen LogP) is 2.33. The Morgan fingerprint density at radius 1 is 1.27 bits per heavy atom. The zero-order valence-electron chi connectivity index (χ0n) is 19.1. The van der Waals surface area contributed by atoms with Crippen molar-refractivity contribution in [3.05, 3.63) is 23.9 Å². The van der Waals surface area contributed by atoms with Gasteiger partial charge in [-0.05, 0) is 38.8 Å². The number of amides is 1. The topological polar surface area (TPSA) is 58.1 Å². The zero-order valence-corrected chi connectivity index (χ0v) is 19.1. The summed E-state index contributed by atoms with van der Waals surface area (Å²) in [6, 6.07) is 6.35. The van der Waals surface area contributed by atoms with E-state index in [2.05, 4.69) is 21.7 Å². The van der Waals surface area contributed by atoms with Gasteiger partial charge in [0.1, 0.15) is 5.82 Å². The second-order valence-electron chi connectivity index (χ2n) is 8.63.